The van der Waals surface area contributed by atoms with Crippen LogP contribution < -0.4 is 5.06 Å². The lowest BCUT2D eigenvalue weighted by Gasteiger charge is -2.42. The van der Waals surface area contributed by atoms with Gasteiger partial charge in [0.1, 0.15) is 11.1 Å². The van der Waals surface area contributed by atoms with Crippen LogP contribution in [0.4, 0.5) is 0 Å². The monoisotopic (exact) mass is 282 g/mol. The zero-order valence-electron chi connectivity index (χ0n) is 14.4. The van der Waals surface area contributed by atoms with Crippen LogP contribution in [0, 0.1) is 5.21 Å². The molecule has 3 heteroatoms. The van der Waals surface area contributed by atoms with Crippen LogP contribution in [0.5, 0.6) is 0 Å². The predicted octanol–water partition coefficient (Wildman–Crippen LogP) is 2.77. The molecule has 0 fully saturated rings. The maximum Gasteiger partial charge on any atom is 0.115 e. The molecule has 1 N–H and O–H groups in total. The highest BCUT2D eigenvalue weighted by atomic mass is 16.5. The summed E-state index contributed by atoms with van der Waals surface area (Å²) < 4.78 is 0. The summed E-state index contributed by atoms with van der Waals surface area (Å²) in [5.74, 6) is 0. The molecule has 1 unspecified atom stereocenters. The number of nitrogens with one attached hydrogen (secondary N) is 1. The van der Waals surface area contributed by atoms with E-state index in [9.17, 15) is 5.21 Å². The van der Waals surface area contributed by atoms with Crippen molar-refractivity contribution in [1.29, 1.82) is 0 Å². The summed E-state index contributed by atoms with van der Waals surface area (Å²) in [5.41, 5.74) is 0.736. The zero-order chi connectivity index (χ0) is 15.4. The molecule has 0 aromatic heterocycles. The maximum absolute atomic E-state index is 12.5. The number of nitrogens with zero attached hydrogens (tertiary/aromatic N) is 1. The van der Waals surface area contributed by atoms with E-state index >= 15 is 0 Å². The minimum Gasteiger partial charge on any atom is -0.633 e. The largest absolute Gasteiger partial charge is 0.633 e. The van der Waals surface area contributed by atoms with E-state index < -0.39 is 0 Å². The Hall–Kier alpha value is -0.380. The third-order valence-electron chi connectivity index (χ3n) is 4.54. The second-order valence-corrected chi connectivity index (χ2v) is 7.33. The lowest BCUT2D eigenvalue weighted by atomic mass is 9.96. The Morgan fingerprint density at radius 3 is 1.90 bits per heavy atom. The summed E-state index contributed by atoms with van der Waals surface area (Å²) in [5, 5.41) is 12.9. The molecule has 0 amide bonds. The molecule has 0 saturated carbocycles. The molecule has 0 aromatic carbocycles. The van der Waals surface area contributed by atoms with Crippen molar-refractivity contribution in [3.05, 3.63) is 16.9 Å². The number of hydrogen-bond donors (Lipinski definition) is 1. The Morgan fingerprint density at radius 1 is 1.05 bits per heavy atom. The van der Waals surface area contributed by atoms with Gasteiger partial charge in [-0.3, -0.25) is 4.90 Å². The first-order valence-corrected chi connectivity index (χ1v) is 8.25. The Balaban J connectivity index is 2.76. The highest BCUT2D eigenvalue weighted by molar-refractivity contribution is 5.24. The van der Waals surface area contributed by atoms with Gasteiger partial charge >= 0.3 is 0 Å². The highest BCUT2D eigenvalue weighted by Crippen LogP contribution is 2.25. The van der Waals surface area contributed by atoms with Gasteiger partial charge in [0, 0.05) is 12.1 Å². The standard InChI is InChI=1S/C17H34N2O/c1-7-9-11-18(12-10-8-2)14-15-13-16(3,4)19(20)17(15,5)6/h13,19H,7-12,14H2,1-6H3. The quantitative estimate of drug-likeness (QED) is 0.548. The number of hydroxylamine groups is 2. The summed E-state index contributed by atoms with van der Waals surface area (Å²) in [6, 6.07) is 0. The summed E-state index contributed by atoms with van der Waals surface area (Å²) in [6.07, 6.45) is 7.18. The molecular weight excluding hydrogens is 248 g/mol. The molecule has 1 atom stereocenters. The smallest absolute Gasteiger partial charge is 0.115 e. The van der Waals surface area contributed by atoms with E-state index in [0.717, 1.165) is 19.6 Å². The summed E-state index contributed by atoms with van der Waals surface area (Å²) >= 11 is 0. The zero-order valence-corrected chi connectivity index (χ0v) is 14.4. The SMILES string of the molecule is CCCCN(CCCC)CC1=CC(C)(C)[NH+]([O-])C1(C)C. The fraction of sp³-hybridized carbons (Fsp3) is 0.882. The van der Waals surface area contributed by atoms with Gasteiger partial charge in [-0.25, -0.2) is 0 Å². The highest BCUT2D eigenvalue weighted by Gasteiger charge is 2.45. The number of quaternary nitrogens is 1. The molecule has 3 nitrogen and oxygen atoms in total. The first-order chi connectivity index (χ1) is 9.25. The van der Waals surface area contributed by atoms with Gasteiger partial charge < -0.3 is 10.3 Å². The number of rotatable bonds is 8. The first kappa shape index (κ1) is 17.7. The third-order valence-corrected chi connectivity index (χ3v) is 4.54. The molecule has 0 spiro atoms. The molecule has 1 aliphatic rings. The van der Waals surface area contributed by atoms with Crippen LogP contribution >= 0.6 is 0 Å². The van der Waals surface area contributed by atoms with Gasteiger partial charge in [0.15, 0.2) is 0 Å². The Morgan fingerprint density at radius 2 is 1.55 bits per heavy atom. The van der Waals surface area contributed by atoms with E-state index in [1.54, 1.807) is 0 Å². The number of hydrogen-bond acceptors (Lipinski definition) is 2. The second-order valence-electron chi connectivity index (χ2n) is 7.33. The van der Waals surface area contributed by atoms with Crippen molar-refractivity contribution in [2.75, 3.05) is 19.6 Å². The Kier molecular flexibility index (Phi) is 6.24. The van der Waals surface area contributed by atoms with Crippen molar-refractivity contribution in [2.45, 2.75) is 78.3 Å². The predicted molar refractivity (Wildman–Crippen MR) is 86.8 cm³/mol. The molecule has 0 saturated heterocycles. The molecule has 0 radical (unpaired) electrons. The lowest BCUT2D eigenvalue weighted by molar-refractivity contribution is -0.927. The maximum atomic E-state index is 12.5. The van der Waals surface area contributed by atoms with Crippen molar-refractivity contribution >= 4 is 0 Å². The van der Waals surface area contributed by atoms with Gasteiger partial charge in [-0.2, -0.15) is 0 Å². The van der Waals surface area contributed by atoms with Crippen molar-refractivity contribution in [2.24, 2.45) is 0 Å². The molecule has 0 bridgehead atoms. The van der Waals surface area contributed by atoms with Gasteiger partial charge in [0.25, 0.3) is 0 Å². The van der Waals surface area contributed by atoms with Crippen molar-refractivity contribution < 1.29 is 5.06 Å². The van der Waals surface area contributed by atoms with Crippen molar-refractivity contribution in [1.82, 2.24) is 4.90 Å². The molecule has 1 heterocycles. The Bertz CT molecular complexity index is 326. The van der Waals surface area contributed by atoms with Gasteiger partial charge in [-0.05, 0) is 59.7 Å². The van der Waals surface area contributed by atoms with Crippen LogP contribution in [0.2, 0.25) is 0 Å². The van der Waals surface area contributed by atoms with E-state index in [1.165, 1.54) is 31.3 Å². The van der Waals surface area contributed by atoms with Crippen LogP contribution in [0.15, 0.2) is 11.6 Å². The fourth-order valence-electron chi connectivity index (χ4n) is 3.15. The summed E-state index contributed by atoms with van der Waals surface area (Å²) in [6.45, 7) is 16.0. The summed E-state index contributed by atoms with van der Waals surface area (Å²) in [4.78, 5) is 2.54. The van der Waals surface area contributed by atoms with E-state index in [2.05, 4.69) is 38.7 Å². The van der Waals surface area contributed by atoms with Crippen LogP contribution in [0.3, 0.4) is 0 Å². The van der Waals surface area contributed by atoms with E-state index in [1.807, 2.05) is 13.8 Å². The molecule has 118 valence electrons. The van der Waals surface area contributed by atoms with Crippen LogP contribution in [0.1, 0.15) is 67.2 Å². The van der Waals surface area contributed by atoms with E-state index in [0.29, 0.717) is 5.06 Å². The molecule has 1 aliphatic heterocycles. The van der Waals surface area contributed by atoms with E-state index in [-0.39, 0.29) is 11.1 Å². The molecular formula is C17H34N2O. The number of unbranched alkanes of at least 4 members (excludes halogenated alkanes) is 2. The average molecular weight is 282 g/mol. The lowest BCUT2D eigenvalue weighted by Crippen LogP contribution is -3.20. The van der Waals surface area contributed by atoms with Crippen LogP contribution in [0.25, 0.3) is 0 Å². The normalized spacial score (nSPS) is 24.2. The fourth-order valence-corrected chi connectivity index (χ4v) is 3.15. The van der Waals surface area contributed by atoms with Crippen molar-refractivity contribution in [3.8, 4) is 0 Å². The molecule has 0 aromatic rings. The van der Waals surface area contributed by atoms with Gasteiger partial charge in [0.05, 0.1) is 0 Å². The van der Waals surface area contributed by atoms with E-state index in [4.69, 9.17) is 0 Å². The minimum atomic E-state index is -0.292. The summed E-state index contributed by atoms with van der Waals surface area (Å²) in [7, 11) is 0. The average Bonchev–Trinajstić information content (AvgIpc) is 2.53. The molecule has 0 aliphatic carbocycles. The van der Waals surface area contributed by atoms with Gasteiger partial charge in [-0.15, -0.1) is 0 Å². The molecule has 20 heavy (non-hydrogen) atoms. The topological polar surface area (TPSA) is 30.7 Å². The second kappa shape index (κ2) is 7.06. The van der Waals surface area contributed by atoms with Gasteiger partial charge in [0.2, 0.25) is 0 Å². The van der Waals surface area contributed by atoms with Gasteiger partial charge in [-0.1, -0.05) is 26.7 Å². The van der Waals surface area contributed by atoms with Crippen LogP contribution in [-0.4, -0.2) is 35.6 Å². The van der Waals surface area contributed by atoms with Crippen LogP contribution in [-0.2, 0) is 0 Å². The van der Waals surface area contributed by atoms with Crippen molar-refractivity contribution in [3.63, 3.8) is 0 Å². The Labute approximate surface area is 125 Å². The third kappa shape index (κ3) is 4.06. The minimum absolute atomic E-state index is 0.291. The first-order valence-electron chi connectivity index (χ1n) is 8.25. The molecule has 1 rings (SSSR count).